The number of aryl methyl sites for hydroxylation is 2. The van der Waals surface area contributed by atoms with Crippen LogP contribution in [0.4, 0.5) is 0 Å². The summed E-state index contributed by atoms with van der Waals surface area (Å²) in [7, 11) is -2.92. The standard InChI is InChI=1S/C13H24N4O3S.HI/c1-5-14-13(15-7-6-8-21(4,18)19)16-9-12-17-10(2)11(3)20-12;/h5-9H2,1-4H3,(H2,14,15,16);1H. The molecule has 1 aromatic rings. The second-order valence-corrected chi connectivity index (χ2v) is 7.11. The van der Waals surface area contributed by atoms with Gasteiger partial charge in [0.1, 0.15) is 22.1 Å². The third kappa shape index (κ3) is 8.57. The monoisotopic (exact) mass is 444 g/mol. The highest BCUT2D eigenvalue weighted by molar-refractivity contribution is 14.0. The molecular weight excluding hydrogens is 419 g/mol. The first-order valence-electron chi connectivity index (χ1n) is 6.94. The number of rotatable bonds is 7. The molecule has 0 saturated carbocycles. The van der Waals surface area contributed by atoms with Crippen LogP contribution in [0.2, 0.25) is 0 Å². The maximum atomic E-state index is 11.1. The summed E-state index contributed by atoms with van der Waals surface area (Å²) in [6.45, 7) is 7.33. The molecule has 0 spiro atoms. The Balaban J connectivity index is 0.00000441. The van der Waals surface area contributed by atoms with Gasteiger partial charge in [-0.05, 0) is 27.2 Å². The van der Waals surface area contributed by atoms with Crippen molar-refractivity contribution in [1.82, 2.24) is 15.6 Å². The molecule has 1 aromatic heterocycles. The number of guanidine groups is 1. The van der Waals surface area contributed by atoms with Crippen LogP contribution in [0.5, 0.6) is 0 Å². The quantitative estimate of drug-likeness (QED) is 0.286. The van der Waals surface area contributed by atoms with Crippen molar-refractivity contribution in [3.8, 4) is 0 Å². The Kier molecular flexibility index (Phi) is 9.65. The number of oxazole rings is 1. The highest BCUT2D eigenvalue weighted by Gasteiger charge is 2.06. The normalized spacial score (nSPS) is 11.9. The number of sulfone groups is 1. The molecule has 2 N–H and O–H groups in total. The summed E-state index contributed by atoms with van der Waals surface area (Å²) in [5, 5.41) is 6.18. The molecule has 0 radical (unpaired) electrons. The van der Waals surface area contributed by atoms with Crippen molar-refractivity contribution >= 4 is 39.8 Å². The second kappa shape index (κ2) is 10.0. The summed E-state index contributed by atoms with van der Waals surface area (Å²) >= 11 is 0. The molecule has 0 saturated heterocycles. The van der Waals surface area contributed by atoms with Crippen LogP contribution in [0.3, 0.4) is 0 Å². The lowest BCUT2D eigenvalue weighted by atomic mass is 10.4. The molecule has 1 heterocycles. The van der Waals surface area contributed by atoms with Gasteiger partial charge in [0.25, 0.3) is 0 Å². The number of nitrogens with one attached hydrogen (secondary N) is 2. The van der Waals surface area contributed by atoms with Crippen LogP contribution < -0.4 is 10.6 Å². The first kappa shape index (κ1) is 21.2. The van der Waals surface area contributed by atoms with E-state index >= 15 is 0 Å². The van der Waals surface area contributed by atoms with E-state index in [2.05, 4.69) is 20.6 Å². The fourth-order valence-corrected chi connectivity index (χ4v) is 2.31. The Labute approximate surface area is 149 Å². The van der Waals surface area contributed by atoms with Crippen LogP contribution in [0.25, 0.3) is 0 Å². The second-order valence-electron chi connectivity index (χ2n) is 4.85. The van der Waals surface area contributed by atoms with E-state index in [4.69, 9.17) is 4.42 Å². The number of hydrogen-bond acceptors (Lipinski definition) is 5. The molecule has 0 fully saturated rings. The summed E-state index contributed by atoms with van der Waals surface area (Å²) in [5.41, 5.74) is 0.867. The lowest BCUT2D eigenvalue weighted by Gasteiger charge is -2.10. The van der Waals surface area contributed by atoms with E-state index in [1.54, 1.807) is 0 Å². The van der Waals surface area contributed by atoms with Gasteiger partial charge in [0, 0.05) is 19.3 Å². The van der Waals surface area contributed by atoms with Crippen molar-refractivity contribution in [1.29, 1.82) is 0 Å². The zero-order valence-electron chi connectivity index (χ0n) is 13.5. The van der Waals surface area contributed by atoms with Crippen molar-refractivity contribution in [3.05, 3.63) is 17.3 Å². The number of aromatic nitrogens is 1. The Morgan fingerprint density at radius 1 is 1.32 bits per heavy atom. The molecule has 1 rings (SSSR count). The van der Waals surface area contributed by atoms with E-state index in [1.807, 2.05) is 20.8 Å². The lowest BCUT2D eigenvalue weighted by molar-refractivity contribution is 0.473. The van der Waals surface area contributed by atoms with Crippen LogP contribution in [-0.2, 0) is 16.4 Å². The number of halogens is 1. The first-order valence-corrected chi connectivity index (χ1v) is 9.00. The van der Waals surface area contributed by atoms with Crippen LogP contribution in [0, 0.1) is 13.8 Å². The molecule has 0 aliphatic heterocycles. The molecule has 0 unspecified atom stereocenters. The largest absolute Gasteiger partial charge is 0.444 e. The molecular formula is C13H25IN4O3S. The summed E-state index contributed by atoms with van der Waals surface area (Å²) in [4.78, 5) is 8.62. The smallest absolute Gasteiger partial charge is 0.216 e. The Morgan fingerprint density at radius 3 is 2.50 bits per heavy atom. The molecule has 0 atom stereocenters. The van der Waals surface area contributed by atoms with Crippen LogP contribution in [0.15, 0.2) is 9.41 Å². The third-order valence-corrected chi connectivity index (χ3v) is 3.80. The van der Waals surface area contributed by atoms with Crippen molar-refractivity contribution < 1.29 is 12.8 Å². The number of aliphatic imine (C=N–C) groups is 1. The summed E-state index contributed by atoms with van der Waals surface area (Å²) < 4.78 is 27.6. The molecule has 0 aromatic carbocycles. The van der Waals surface area contributed by atoms with Gasteiger partial charge in [-0.25, -0.2) is 18.4 Å². The van der Waals surface area contributed by atoms with Gasteiger partial charge >= 0.3 is 0 Å². The fraction of sp³-hybridized carbons (Fsp3) is 0.692. The van der Waals surface area contributed by atoms with Gasteiger partial charge in [-0.3, -0.25) is 0 Å². The van der Waals surface area contributed by atoms with E-state index in [1.165, 1.54) is 6.26 Å². The first-order chi connectivity index (χ1) is 9.81. The van der Waals surface area contributed by atoms with E-state index in [0.717, 1.165) is 18.0 Å². The molecule has 0 bridgehead atoms. The van der Waals surface area contributed by atoms with Gasteiger partial charge in [-0.15, -0.1) is 24.0 Å². The minimum absolute atomic E-state index is 0. The van der Waals surface area contributed by atoms with Crippen molar-refractivity contribution in [2.75, 3.05) is 25.1 Å². The van der Waals surface area contributed by atoms with E-state index in [0.29, 0.717) is 31.4 Å². The van der Waals surface area contributed by atoms with E-state index in [-0.39, 0.29) is 29.7 Å². The van der Waals surface area contributed by atoms with Gasteiger partial charge in [-0.2, -0.15) is 0 Å². The van der Waals surface area contributed by atoms with Crippen LogP contribution >= 0.6 is 24.0 Å². The maximum Gasteiger partial charge on any atom is 0.216 e. The Morgan fingerprint density at radius 2 is 2.00 bits per heavy atom. The molecule has 0 amide bonds. The number of nitrogens with zero attached hydrogens (tertiary/aromatic N) is 2. The Bertz CT molecular complexity index is 565. The van der Waals surface area contributed by atoms with Crippen molar-refractivity contribution in [2.45, 2.75) is 33.7 Å². The molecule has 7 nitrogen and oxygen atoms in total. The summed E-state index contributed by atoms with van der Waals surface area (Å²) in [5.74, 6) is 2.15. The fourth-order valence-electron chi connectivity index (χ4n) is 1.64. The van der Waals surface area contributed by atoms with Crippen LogP contribution in [0.1, 0.15) is 30.7 Å². The lowest BCUT2D eigenvalue weighted by Crippen LogP contribution is -2.38. The topological polar surface area (TPSA) is 96.6 Å². The van der Waals surface area contributed by atoms with Gasteiger partial charge in [0.05, 0.1) is 11.4 Å². The third-order valence-electron chi connectivity index (χ3n) is 2.77. The van der Waals surface area contributed by atoms with E-state index < -0.39 is 9.84 Å². The molecule has 128 valence electrons. The highest BCUT2D eigenvalue weighted by Crippen LogP contribution is 2.08. The summed E-state index contributed by atoms with van der Waals surface area (Å²) in [6.07, 6.45) is 1.78. The number of hydrogen-bond donors (Lipinski definition) is 2. The zero-order valence-corrected chi connectivity index (χ0v) is 16.6. The predicted molar refractivity (Wildman–Crippen MR) is 98.5 cm³/mol. The SMILES string of the molecule is CCNC(=NCc1nc(C)c(C)o1)NCCCS(C)(=O)=O.I. The minimum Gasteiger partial charge on any atom is -0.444 e. The van der Waals surface area contributed by atoms with Gasteiger partial charge < -0.3 is 15.1 Å². The zero-order chi connectivity index (χ0) is 15.9. The van der Waals surface area contributed by atoms with Gasteiger partial charge in [-0.1, -0.05) is 0 Å². The van der Waals surface area contributed by atoms with E-state index in [9.17, 15) is 8.42 Å². The predicted octanol–water partition coefficient (Wildman–Crippen LogP) is 1.40. The van der Waals surface area contributed by atoms with Crippen molar-refractivity contribution in [2.24, 2.45) is 4.99 Å². The van der Waals surface area contributed by atoms with Crippen molar-refractivity contribution in [3.63, 3.8) is 0 Å². The van der Waals surface area contributed by atoms with Gasteiger partial charge in [0.2, 0.25) is 5.89 Å². The molecule has 9 heteroatoms. The maximum absolute atomic E-state index is 11.1. The molecule has 0 aliphatic carbocycles. The average Bonchev–Trinajstić information content (AvgIpc) is 2.70. The highest BCUT2D eigenvalue weighted by atomic mass is 127. The molecule has 22 heavy (non-hydrogen) atoms. The Hall–Kier alpha value is -0.840. The molecule has 0 aliphatic rings. The van der Waals surface area contributed by atoms with Crippen LogP contribution in [-0.4, -0.2) is 44.5 Å². The minimum atomic E-state index is -2.92. The van der Waals surface area contributed by atoms with Gasteiger partial charge in [0.15, 0.2) is 5.96 Å². The summed E-state index contributed by atoms with van der Waals surface area (Å²) in [6, 6.07) is 0. The average molecular weight is 444 g/mol.